The maximum atomic E-state index is 12.5. The molecule has 8 heteroatoms. The Balaban J connectivity index is 1.23. The summed E-state index contributed by atoms with van der Waals surface area (Å²) in [7, 11) is 0. The minimum atomic E-state index is -0.304. The quantitative estimate of drug-likeness (QED) is 0.578. The van der Waals surface area contributed by atoms with Crippen LogP contribution in [0, 0.1) is 6.92 Å². The number of carbonyl (C=O) groups is 1. The summed E-state index contributed by atoms with van der Waals surface area (Å²) in [5, 5.41) is -0.150. The van der Waals surface area contributed by atoms with Gasteiger partial charge in [0.2, 0.25) is 0 Å². The second-order valence-electron chi connectivity index (χ2n) is 7.66. The number of aromatic amines is 1. The van der Waals surface area contributed by atoms with E-state index in [2.05, 4.69) is 38.5 Å². The van der Waals surface area contributed by atoms with Crippen LogP contribution in [0.4, 0.5) is 4.79 Å². The van der Waals surface area contributed by atoms with Gasteiger partial charge in [0.1, 0.15) is 11.6 Å². The Hall–Kier alpha value is -2.84. The van der Waals surface area contributed by atoms with E-state index in [0.717, 1.165) is 48.8 Å². The van der Waals surface area contributed by atoms with Crippen LogP contribution in [0.2, 0.25) is 0 Å². The van der Waals surface area contributed by atoms with Gasteiger partial charge in [-0.25, -0.2) is 9.78 Å². The highest BCUT2D eigenvalue weighted by Crippen LogP contribution is 2.27. The molecule has 1 atom stereocenters. The van der Waals surface area contributed by atoms with Crippen molar-refractivity contribution in [3.63, 3.8) is 0 Å². The van der Waals surface area contributed by atoms with Gasteiger partial charge in [-0.05, 0) is 36.8 Å². The van der Waals surface area contributed by atoms with Gasteiger partial charge in [-0.2, -0.15) is 12.6 Å². The lowest BCUT2D eigenvalue weighted by atomic mass is 10.1. The Morgan fingerprint density at radius 2 is 1.94 bits per heavy atom. The zero-order chi connectivity index (χ0) is 21.6. The van der Waals surface area contributed by atoms with E-state index in [1.54, 1.807) is 29.4 Å². The minimum Gasteiger partial charge on any atom is -0.410 e. The van der Waals surface area contributed by atoms with Crippen molar-refractivity contribution in [1.82, 2.24) is 24.8 Å². The predicted molar refractivity (Wildman–Crippen MR) is 123 cm³/mol. The molecular formula is C23H27N5O2S. The molecule has 162 valence electrons. The molecule has 1 aliphatic rings. The van der Waals surface area contributed by atoms with E-state index in [4.69, 9.17) is 4.74 Å². The number of piperazine rings is 1. The van der Waals surface area contributed by atoms with Crippen molar-refractivity contribution in [2.24, 2.45) is 0 Å². The predicted octanol–water partition coefficient (Wildman–Crippen LogP) is 3.49. The topological polar surface area (TPSA) is 74.3 Å². The minimum absolute atomic E-state index is 0.150. The third kappa shape index (κ3) is 5.65. The molecule has 1 aromatic carbocycles. The number of rotatable bonds is 6. The molecule has 1 fully saturated rings. The number of nitrogens with zero attached hydrogens (tertiary/aromatic N) is 4. The molecule has 1 unspecified atom stereocenters. The number of ether oxygens (including phenoxy) is 1. The average molecular weight is 438 g/mol. The maximum Gasteiger partial charge on any atom is 0.415 e. The maximum absolute atomic E-state index is 12.5. The summed E-state index contributed by atoms with van der Waals surface area (Å²) in [6.45, 7) is 5.96. The second-order valence-corrected chi connectivity index (χ2v) is 8.18. The third-order valence-corrected chi connectivity index (χ3v) is 5.98. The number of imidazole rings is 1. The number of aryl methyl sites for hydroxylation is 1. The largest absolute Gasteiger partial charge is 0.415 e. The Bertz CT molecular complexity index is 985. The standard InChI is InChI=1S/C23H27N5O2S/c1-17-3-2-4-19(26-17)9-12-27-13-15-28(16-14-27)23(29)30-20-7-5-18(6-8-20)21(31)22-24-10-11-25-22/h2-8,10-11,21,31H,9,12-16H2,1H3,(H,24,25). The van der Waals surface area contributed by atoms with Crippen LogP contribution in [0.15, 0.2) is 54.9 Å². The van der Waals surface area contributed by atoms with Crippen molar-refractivity contribution < 1.29 is 9.53 Å². The first-order valence-electron chi connectivity index (χ1n) is 10.5. The van der Waals surface area contributed by atoms with Crippen molar-refractivity contribution in [3.05, 3.63) is 77.6 Å². The van der Waals surface area contributed by atoms with Crippen LogP contribution in [-0.2, 0) is 6.42 Å². The lowest BCUT2D eigenvalue weighted by Crippen LogP contribution is -2.49. The van der Waals surface area contributed by atoms with E-state index in [0.29, 0.717) is 18.8 Å². The van der Waals surface area contributed by atoms with Crippen molar-refractivity contribution in [1.29, 1.82) is 0 Å². The molecule has 2 aromatic heterocycles. The number of pyridine rings is 1. The van der Waals surface area contributed by atoms with Gasteiger partial charge >= 0.3 is 6.09 Å². The Labute approximate surface area is 187 Å². The smallest absolute Gasteiger partial charge is 0.410 e. The fourth-order valence-electron chi connectivity index (χ4n) is 3.63. The van der Waals surface area contributed by atoms with E-state index in [1.165, 1.54) is 0 Å². The first kappa shape index (κ1) is 21.4. The van der Waals surface area contributed by atoms with Crippen LogP contribution >= 0.6 is 12.6 Å². The molecule has 3 aromatic rings. The molecule has 1 aliphatic heterocycles. The summed E-state index contributed by atoms with van der Waals surface area (Å²) in [4.78, 5) is 28.5. The summed E-state index contributed by atoms with van der Waals surface area (Å²) in [5.41, 5.74) is 3.14. The summed E-state index contributed by atoms with van der Waals surface area (Å²) in [5.74, 6) is 1.31. The fraction of sp³-hybridized carbons (Fsp3) is 0.348. The van der Waals surface area contributed by atoms with Crippen molar-refractivity contribution in [2.45, 2.75) is 18.6 Å². The second kappa shape index (κ2) is 9.98. The summed E-state index contributed by atoms with van der Waals surface area (Å²) in [6.07, 6.45) is 4.09. The van der Waals surface area contributed by atoms with Gasteiger partial charge in [-0.1, -0.05) is 18.2 Å². The molecule has 7 nitrogen and oxygen atoms in total. The molecule has 1 saturated heterocycles. The molecule has 3 heterocycles. The van der Waals surface area contributed by atoms with E-state index in [-0.39, 0.29) is 11.3 Å². The van der Waals surface area contributed by atoms with Gasteiger partial charge in [0.25, 0.3) is 0 Å². The van der Waals surface area contributed by atoms with Crippen molar-refractivity contribution in [3.8, 4) is 5.75 Å². The van der Waals surface area contributed by atoms with Gasteiger partial charge in [-0.3, -0.25) is 9.88 Å². The van der Waals surface area contributed by atoms with Crippen molar-refractivity contribution >= 4 is 18.7 Å². The SMILES string of the molecule is Cc1cccc(CCN2CCN(C(=O)Oc3ccc(C(S)c4ncc[nH]4)cc3)CC2)n1. The molecule has 0 bridgehead atoms. The number of hydrogen-bond donors (Lipinski definition) is 2. The normalized spacial score (nSPS) is 15.6. The monoisotopic (exact) mass is 437 g/mol. The number of aromatic nitrogens is 3. The van der Waals surface area contributed by atoms with Gasteiger partial charge in [0, 0.05) is 62.9 Å². The molecule has 4 rings (SSSR count). The zero-order valence-electron chi connectivity index (χ0n) is 17.6. The summed E-state index contributed by atoms with van der Waals surface area (Å²) >= 11 is 4.60. The number of carbonyl (C=O) groups excluding carboxylic acids is 1. The zero-order valence-corrected chi connectivity index (χ0v) is 18.5. The van der Waals surface area contributed by atoms with Gasteiger partial charge < -0.3 is 14.6 Å². The molecule has 1 N–H and O–H groups in total. The highest BCUT2D eigenvalue weighted by molar-refractivity contribution is 7.80. The van der Waals surface area contributed by atoms with E-state index >= 15 is 0 Å². The van der Waals surface area contributed by atoms with Crippen LogP contribution in [-0.4, -0.2) is 63.6 Å². The third-order valence-electron chi connectivity index (χ3n) is 5.44. The fourth-order valence-corrected chi connectivity index (χ4v) is 3.95. The van der Waals surface area contributed by atoms with E-state index in [9.17, 15) is 4.79 Å². The van der Waals surface area contributed by atoms with Crippen LogP contribution in [0.25, 0.3) is 0 Å². The van der Waals surface area contributed by atoms with Crippen LogP contribution < -0.4 is 4.74 Å². The first-order chi connectivity index (χ1) is 15.1. The van der Waals surface area contributed by atoms with Crippen molar-refractivity contribution in [2.75, 3.05) is 32.7 Å². The molecular weight excluding hydrogens is 410 g/mol. The number of thiol groups is 1. The lowest BCUT2D eigenvalue weighted by molar-refractivity contribution is 0.111. The van der Waals surface area contributed by atoms with E-state index < -0.39 is 0 Å². The van der Waals surface area contributed by atoms with Crippen LogP contribution in [0.3, 0.4) is 0 Å². The molecule has 0 aliphatic carbocycles. The number of benzene rings is 1. The number of nitrogens with one attached hydrogen (secondary N) is 1. The van der Waals surface area contributed by atoms with Crippen LogP contribution in [0.1, 0.15) is 28.0 Å². The Morgan fingerprint density at radius 1 is 1.16 bits per heavy atom. The van der Waals surface area contributed by atoms with Gasteiger partial charge in [-0.15, -0.1) is 0 Å². The number of amides is 1. The molecule has 0 saturated carbocycles. The van der Waals surface area contributed by atoms with E-state index in [1.807, 2.05) is 31.2 Å². The summed E-state index contributed by atoms with van der Waals surface area (Å²) in [6, 6.07) is 13.5. The molecule has 0 radical (unpaired) electrons. The molecule has 1 amide bonds. The highest BCUT2D eigenvalue weighted by Gasteiger charge is 2.22. The Kier molecular flexibility index (Phi) is 6.89. The molecule has 31 heavy (non-hydrogen) atoms. The number of hydrogen-bond acceptors (Lipinski definition) is 6. The average Bonchev–Trinajstić information content (AvgIpc) is 3.33. The lowest BCUT2D eigenvalue weighted by Gasteiger charge is -2.33. The first-order valence-corrected chi connectivity index (χ1v) is 11.0. The highest BCUT2D eigenvalue weighted by atomic mass is 32.1. The Morgan fingerprint density at radius 3 is 2.61 bits per heavy atom. The summed E-state index contributed by atoms with van der Waals surface area (Å²) < 4.78 is 5.57. The van der Waals surface area contributed by atoms with Crippen LogP contribution in [0.5, 0.6) is 5.75 Å². The van der Waals surface area contributed by atoms with Gasteiger partial charge in [0.05, 0.1) is 5.25 Å². The molecule has 0 spiro atoms. The van der Waals surface area contributed by atoms with Gasteiger partial charge in [0.15, 0.2) is 0 Å². The number of H-pyrrole nitrogens is 1.